The lowest BCUT2D eigenvalue weighted by molar-refractivity contribution is 0.684. The van der Waals surface area contributed by atoms with Crippen LogP contribution >= 0.6 is 11.8 Å². The van der Waals surface area contributed by atoms with Crippen LogP contribution in [0.1, 0.15) is 18.4 Å². The van der Waals surface area contributed by atoms with Gasteiger partial charge in [0.2, 0.25) is 0 Å². The molecule has 1 aliphatic rings. The predicted molar refractivity (Wildman–Crippen MR) is 73.1 cm³/mol. The first kappa shape index (κ1) is 12.4. The molecule has 0 aromatic carbocycles. The fraction of sp³-hybridized carbons (Fsp3) is 0.308. The van der Waals surface area contributed by atoms with E-state index in [-0.39, 0.29) is 5.56 Å². The third kappa shape index (κ3) is 3.65. The summed E-state index contributed by atoms with van der Waals surface area (Å²) in [4.78, 5) is 22.3. The summed E-state index contributed by atoms with van der Waals surface area (Å²) in [5.74, 6) is 0. The molecule has 1 saturated carbocycles. The molecule has 0 saturated heterocycles. The average molecular weight is 274 g/mol. The fourth-order valence-electron chi connectivity index (χ4n) is 1.63. The largest absolute Gasteiger partial charge is 0.310 e. The molecule has 0 spiro atoms. The highest BCUT2D eigenvalue weighted by Crippen LogP contribution is 2.22. The van der Waals surface area contributed by atoms with Gasteiger partial charge in [0, 0.05) is 31.0 Å². The van der Waals surface area contributed by atoms with Crippen LogP contribution in [-0.4, -0.2) is 21.0 Å². The van der Waals surface area contributed by atoms with E-state index in [1.807, 2.05) is 18.3 Å². The minimum absolute atomic E-state index is 0.150. The molecule has 2 N–H and O–H groups in total. The van der Waals surface area contributed by atoms with Crippen molar-refractivity contribution in [1.29, 1.82) is 0 Å². The molecule has 0 amide bonds. The van der Waals surface area contributed by atoms with Gasteiger partial charge in [-0.05, 0) is 36.2 Å². The van der Waals surface area contributed by atoms with Crippen molar-refractivity contribution in [2.24, 2.45) is 0 Å². The van der Waals surface area contributed by atoms with E-state index in [1.54, 1.807) is 0 Å². The first-order valence-corrected chi connectivity index (χ1v) is 7.03. The van der Waals surface area contributed by atoms with Crippen molar-refractivity contribution in [1.82, 2.24) is 20.3 Å². The zero-order valence-electron chi connectivity index (χ0n) is 10.3. The molecule has 1 aliphatic carbocycles. The van der Waals surface area contributed by atoms with Crippen LogP contribution in [0, 0.1) is 0 Å². The Balaban J connectivity index is 1.63. The SMILES string of the molecule is O=c1ccnc(Sc2ccc(CNC3CC3)cn2)[nH]1. The van der Waals surface area contributed by atoms with E-state index < -0.39 is 0 Å². The number of pyridine rings is 1. The van der Waals surface area contributed by atoms with Crippen LogP contribution in [0.15, 0.2) is 45.6 Å². The molecule has 5 nitrogen and oxygen atoms in total. The Bertz CT molecular complexity index is 607. The van der Waals surface area contributed by atoms with Gasteiger partial charge in [0.05, 0.1) is 0 Å². The second-order valence-corrected chi connectivity index (χ2v) is 5.51. The smallest absolute Gasteiger partial charge is 0.251 e. The van der Waals surface area contributed by atoms with Crippen molar-refractivity contribution in [3.8, 4) is 0 Å². The maximum absolute atomic E-state index is 11.2. The average Bonchev–Trinajstić information content (AvgIpc) is 3.22. The van der Waals surface area contributed by atoms with Crippen LogP contribution < -0.4 is 10.9 Å². The van der Waals surface area contributed by atoms with Crippen molar-refractivity contribution in [2.75, 3.05) is 0 Å². The Labute approximate surface area is 114 Å². The third-order valence-electron chi connectivity index (χ3n) is 2.82. The van der Waals surface area contributed by atoms with Crippen molar-refractivity contribution in [3.05, 3.63) is 46.5 Å². The normalized spacial score (nSPS) is 14.5. The van der Waals surface area contributed by atoms with E-state index >= 15 is 0 Å². The van der Waals surface area contributed by atoms with E-state index in [1.165, 1.54) is 42.4 Å². The zero-order valence-corrected chi connectivity index (χ0v) is 11.1. The second kappa shape index (κ2) is 5.54. The fourth-order valence-corrected chi connectivity index (χ4v) is 2.33. The van der Waals surface area contributed by atoms with E-state index in [0.717, 1.165) is 11.6 Å². The third-order valence-corrected chi connectivity index (χ3v) is 3.67. The summed E-state index contributed by atoms with van der Waals surface area (Å²) < 4.78 is 0. The monoisotopic (exact) mass is 274 g/mol. The number of nitrogens with one attached hydrogen (secondary N) is 2. The lowest BCUT2D eigenvalue weighted by Gasteiger charge is -2.04. The van der Waals surface area contributed by atoms with E-state index in [9.17, 15) is 4.79 Å². The van der Waals surface area contributed by atoms with Gasteiger partial charge >= 0.3 is 0 Å². The lowest BCUT2D eigenvalue weighted by Crippen LogP contribution is -2.15. The van der Waals surface area contributed by atoms with Gasteiger partial charge in [0.15, 0.2) is 5.16 Å². The summed E-state index contributed by atoms with van der Waals surface area (Å²) >= 11 is 1.35. The highest BCUT2D eigenvalue weighted by molar-refractivity contribution is 7.99. The first-order chi connectivity index (χ1) is 9.29. The van der Waals surface area contributed by atoms with Crippen LogP contribution in [0.2, 0.25) is 0 Å². The molecule has 2 aromatic heterocycles. The Morgan fingerprint density at radius 3 is 2.89 bits per heavy atom. The highest BCUT2D eigenvalue weighted by Gasteiger charge is 2.19. The number of nitrogens with zero attached hydrogens (tertiary/aromatic N) is 2. The predicted octanol–water partition coefficient (Wildman–Crippen LogP) is 1.57. The minimum Gasteiger partial charge on any atom is -0.310 e. The van der Waals surface area contributed by atoms with E-state index in [0.29, 0.717) is 11.2 Å². The molecule has 0 radical (unpaired) electrons. The number of rotatable bonds is 5. The molecule has 0 atom stereocenters. The van der Waals surface area contributed by atoms with Crippen molar-refractivity contribution < 1.29 is 0 Å². The summed E-state index contributed by atoms with van der Waals surface area (Å²) in [5.41, 5.74) is 1.02. The highest BCUT2D eigenvalue weighted by atomic mass is 32.2. The van der Waals surface area contributed by atoms with Gasteiger partial charge in [-0.25, -0.2) is 9.97 Å². The molecule has 0 bridgehead atoms. The molecular formula is C13H14N4OS. The number of aromatic nitrogens is 3. The van der Waals surface area contributed by atoms with Crippen LogP contribution in [-0.2, 0) is 6.54 Å². The topological polar surface area (TPSA) is 70.7 Å². The summed E-state index contributed by atoms with van der Waals surface area (Å²) in [7, 11) is 0. The molecule has 2 heterocycles. The second-order valence-electron chi connectivity index (χ2n) is 4.50. The van der Waals surface area contributed by atoms with E-state index in [2.05, 4.69) is 20.3 Å². The van der Waals surface area contributed by atoms with Gasteiger partial charge < -0.3 is 10.3 Å². The quantitative estimate of drug-likeness (QED) is 0.810. The van der Waals surface area contributed by atoms with Crippen molar-refractivity contribution in [2.45, 2.75) is 35.6 Å². The Morgan fingerprint density at radius 1 is 1.32 bits per heavy atom. The molecule has 2 aromatic rings. The zero-order chi connectivity index (χ0) is 13.1. The molecule has 6 heteroatoms. The van der Waals surface area contributed by atoms with E-state index in [4.69, 9.17) is 0 Å². The van der Waals surface area contributed by atoms with Crippen molar-refractivity contribution >= 4 is 11.8 Å². The standard InChI is InChI=1S/C13H14N4OS/c18-11-5-6-14-13(17-11)19-12-4-1-9(8-16-12)7-15-10-2-3-10/h1,4-6,8,10,15H,2-3,7H2,(H,14,17,18). The summed E-state index contributed by atoms with van der Waals surface area (Å²) in [6, 6.07) is 6.09. The number of hydrogen-bond donors (Lipinski definition) is 2. The molecule has 0 aliphatic heterocycles. The number of H-pyrrole nitrogens is 1. The molecular weight excluding hydrogens is 260 g/mol. The summed E-state index contributed by atoms with van der Waals surface area (Å²) in [6.45, 7) is 0.864. The maximum atomic E-state index is 11.2. The van der Waals surface area contributed by atoms with Gasteiger partial charge in [-0.15, -0.1) is 0 Å². The lowest BCUT2D eigenvalue weighted by atomic mass is 10.3. The van der Waals surface area contributed by atoms with Crippen LogP contribution in [0.3, 0.4) is 0 Å². The van der Waals surface area contributed by atoms with Crippen molar-refractivity contribution in [3.63, 3.8) is 0 Å². The first-order valence-electron chi connectivity index (χ1n) is 6.21. The Morgan fingerprint density at radius 2 is 2.21 bits per heavy atom. The summed E-state index contributed by atoms with van der Waals surface area (Å²) in [5, 5.41) is 4.83. The molecule has 98 valence electrons. The molecule has 1 fully saturated rings. The maximum Gasteiger partial charge on any atom is 0.251 e. The Hall–Kier alpha value is -1.66. The van der Waals surface area contributed by atoms with Gasteiger partial charge in [-0.3, -0.25) is 4.79 Å². The van der Waals surface area contributed by atoms with Gasteiger partial charge in [-0.2, -0.15) is 0 Å². The molecule has 19 heavy (non-hydrogen) atoms. The van der Waals surface area contributed by atoms with Crippen LogP contribution in [0.25, 0.3) is 0 Å². The van der Waals surface area contributed by atoms with Crippen LogP contribution in [0.4, 0.5) is 0 Å². The van der Waals surface area contributed by atoms with Gasteiger partial charge in [0.25, 0.3) is 5.56 Å². The van der Waals surface area contributed by atoms with Gasteiger partial charge in [-0.1, -0.05) is 6.07 Å². The summed E-state index contributed by atoms with van der Waals surface area (Å²) in [6.07, 6.45) is 5.93. The Kier molecular flexibility index (Phi) is 3.61. The number of hydrogen-bond acceptors (Lipinski definition) is 5. The van der Waals surface area contributed by atoms with Crippen LogP contribution in [0.5, 0.6) is 0 Å². The minimum atomic E-state index is -0.150. The molecule has 3 rings (SSSR count). The van der Waals surface area contributed by atoms with Gasteiger partial charge in [0.1, 0.15) is 5.03 Å². The number of aromatic amines is 1. The molecule has 0 unspecified atom stereocenters.